The molecule has 3 nitrogen and oxygen atoms in total. The molecule has 0 saturated carbocycles. The molecule has 1 aromatic carbocycles. The van der Waals surface area contributed by atoms with Crippen molar-refractivity contribution in [1.29, 1.82) is 0 Å². The monoisotopic (exact) mass is 291 g/mol. The van der Waals surface area contributed by atoms with Crippen LogP contribution in [0.3, 0.4) is 0 Å². The Labute approximate surface area is 129 Å². The molecule has 0 saturated heterocycles. The third kappa shape index (κ3) is 5.07. The molecule has 0 fully saturated rings. The Kier molecular flexibility index (Phi) is 6.73. The average molecular weight is 291 g/mol. The van der Waals surface area contributed by atoms with Crippen molar-refractivity contribution < 1.29 is 9.53 Å². The Hall–Kier alpha value is -1.51. The van der Waals surface area contributed by atoms with Gasteiger partial charge < -0.3 is 10.1 Å². The van der Waals surface area contributed by atoms with Gasteiger partial charge in [0.25, 0.3) is 5.91 Å². The summed E-state index contributed by atoms with van der Waals surface area (Å²) in [4.78, 5) is 12.2. The summed E-state index contributed by atoms with van der Waals surface area (Å²) in [6.07, 6.45) is 1.40. The predicted molar refractivity (Wildman–Crippen MR) is 87.9 cm³/mol. The highest BCUT2D eigenvalue weighted by molar-refractivity contribution is 5.81. The zero-order valence-corrected chi connectivity index (χ0v) is 14.2. The largest absolute Gasteiger partial charge is 0.481 e. The normalized spacial score (nSPS) is 12.6. The number of aryl methyl sites for hydroxylation is 1. The molecule has 1 rings (SSSR count). The number of benzene rings is 1. The van der Waals surface area contributed by atoms with Gasteiger partial charge in [0.15, 0.2) is 6.10 Å². The lowest BCUT2D eigenvalue weighted by atomic mass is 10.0. The van der Waals surface area contributed by atoms with Crippen molar-refractivity contribution in [2.45, 2.75) is 72.4 Å². The lowest BCUT2D eigenvalue weighted by molar-refractivity contribution is -0.128. The topological polar surface area (TPSA) is 38.3 Å². The molecule has 1 amide bonds. The fraction of sp³-hybridized carbons (Fsp3) is 0.611. The standard InChI is InChI=1S/C18H29NO2/c1-7-15(8-2)19-18(20)14(6)21-17-11-13(5)9-10-16(17)12(3)4/h9-12,14-15H,7-8H2,1-6H3,(H,19,20)/t14-/m0/s1. The van der Waals surface area contributed by atoms with Crippen LogP contribution < -0.4 is 10.1 Å². The number of carbonyl (C=O) groups excluding carboxylic acids is 1. The van der Waals surface area contributed by atoms with Gasteiger partial charge in [-0.1, -0.05) is 39.8 Å². The van der Waals surface area contributed by atoms with Gasteiger partial charge in [-0.2, -0.15) is 0 Å². The quantitative estimate of drug-likeness (QED) is 0.818. The highest BCUT2D eigenvalue weighted by Gasteiger charge is 2.19. The van der Waals surface area contributed by atoms with Gasteiger partial charge >= 0.3 is 0 Å². The van der Waals surface area contributed by atoms with Crippen LogP contribution in [0.25, 0.3) is 0 Å². The van der Waals surface area contributed by atoms with Crippen LogP contribution in [0.1, 0.15) is 64.5 Å². The lowest BCUT2D eigenvalue weighted by Crippen LogP contribution is -2.42. The van der Waals surface area contributed by atoms with Gasteiger partial charge in [0.1, 0.15) is 5.75 Å². The fourth-order valence-electron chi connectivity index (χ4n) is 2.28. The van der Waals surface area contributed by atoms with E-state index in [4.69, 9.17) is 4.74 Å². The number of hydrogen-bond donors (Lipinski definition) is 1. The SMILES string of the molecule is CCC(CC)NC(=O)[C@H](C)Oc1cc(C)ccc1C(C)C. The van der Waals surface area contributed by atoms with E-state index >= 15 is 0 Å². The van der Waals surface area contributed by atoms with Crippen LogP contribution in [0.15, 0.2) is 18.2 Å². The molecule has 0 unspecified atom stereocenters. The summed E-state index contributed by atoms with van der Waals surface area (Å²) < 4.78 is 5.93. The van der Waals surface area contributed by atoms with Crippen molar-refractivity contribution in [2.24, 2.45) is 0 Å². The zero-order valence-electron chi connectivity index (χ0n) is 14.2. The molecular formula is C18H29NO2. The molecule has 0 spiro atoms. The number of rotatable bonds is 7. The second kappa shape index (κ2) is 8.06. The predicted octanol–water partition coefficient (Wildman–Crippen LogP) is 4.19. The first kappa shape index (κ1) is 17.5. The van der Waals surface area contributed by atoms with Crippen LogP contribution in [0.2, 0.25) is 0 Å². The van der Waals surface area contributed by atoms with E-state index in [2.05, 4.69) is 45.1 Å². The summed E-state index contributed by atoms with van der Waals surface area (Å²) in [5, 5.41) is 3.04. The Morgan fingerprint density at radius 2 is 1.81 bits per heavy atom. The van der Waals surface area contributed by atoms with Crippen molar-refractivity contribution in [2.75, 3.05) is 0 Å². The van der Waals surface area contributed by atoms with Crippen molar-refractivity contribution >= 4 is 5.91 Å². The Balaban J connectivity index is 2.80. The smallest absolute Gasteiger partial charge is 0.260 e. The second-order valence-electron chi connectivity index (χ2n) is 5.98. The van der Waals surface area contributed by atoms with Gasteiger partial charge in [0, 0.05) is 6.04 Å². The average Bonchev–Trinajstić information content (AvgIpc) is 2.44. The Morgan fingerprint density at radius 1 is 1.19 bits per heavy atom. The van der Waals surface area contributed by atoms with Gasteiger partial charge in [0.2, 0.25) is 0 Å². The third-order valence-electron chi connectivity index (χ3n) is 3.80. The van der Waals surface area contributed by atoms with E-state index < -0.39 is 6.10 Å². The number of hydrogen-bond acceptors (Lipinski definition) is 2. The molecule has 0 aliphatic heterocycles. The minimum atomic E-state index is -0.482. The first-order valence-corrected chi connectivity index (χ1v) is 7.96. The summed E-state index contributed by atoms with van der Waals surface area (Å²) in [5.41, 5.74) is 2.28. The van der Waals surface area contributed by atoms with E-state index in [0.717, 1.165) is 29.7 Å². The molecular weight excluding hydrogens is 262 g/mol. The van der Waals surface area contributed by atoms with Crippen LogP contribution >= 0.6 is 0 Å². The van der Waals surface area contributed by atoms with Crippen LogP contribution in [-0.2, 0) is 4.79 Å². The molecule has 1 aromatic rings. The minimum absolute atomic E-state index is 0.0417. The molecule has 3 heteroatoms. The first-order valence-electron chi connectivity index (χ1n) is 7.96. The molecule has 0 heterocycles. The van der Waals surface area contributed by atoms with E-state index in [0.29, 0.717) is 5.92 Å². The summed E-state index contributed by atoms with van der Waals surface area (Å²) in [5.74, 6) is 1.15. The number of nitrogens with one attached hydrogen (secondary N) is 1. The van der Waals surface area contributed by atoms with E-state index in [1.54, 1.807) is 0 Å². The number of ether oxygens (including phenoxy) is 1. The lowest BCUT2D eigenvalue weighted by Gasteiger charge is -2.21. The van der Waals surface area contributed by atoms with Crippen LogP contribution in [0, 0.1) is 6.92 Å². The molecule has 0 bridgehead atoms. The van der Waals surface area contributed by atoms with Gasteiger partial charge in [-0.15, -0.1) is 0 Å². The second-order valence-corrected chi connectivity index (χ2v) is 5.98. The van der Waals surface area contributed by atoms with Crippen molar-refractivity contribution in [1.82, 2.24) is 5.32 Å². The summed E-state index contributed by atoms with van der Waals surface area (Å²) in [6, 6.07) is 6.40. The Bertz CT molecular complexity index is 464. The molecule has 1 N–H and O–H groups in total. The highest BCUT2D eigenvalue weighted by atomic mass is 16.5. The van der Waals surface area contributed by atoms with E-state index in [1.165, 1.54) is 0 Å². The van der Waals surface area contributed by atoms with E-state index in [9.17, 15) is 4.79 Å². The maximum atomic E-state index is 12.2. The molecule has 118 valence electrons. The minimum Gasteiger partial charge on any atom is -0.481 e. The first-order chi connectivity index (χ1) is 9.88. The van der Waals surface area contributed by atoms with Crippen molar-refractivity contribution in [3.63, 3.8) is 0 Å². The van der Waals surface area contributed by atoms with Gasteiger partial charge in [-0.3, -0.25) is 4.79 Å². The molecule has 0 aliphatic rings. The van der Waals surface area contributed by atoms with Gasteiger partial charge in [0.05, 0.1) is 0 Å². The molecule has 0 aromatic heterocycles. The van der Waals surface area contributed by atoms with Crippen molar-refractivity contribution in [3.05, 3.63) is 29.3 Å². The maximum absolute atomic E-state index is 12.2. The summed E-state index contributed by atoms with van der Waals surface area (Å²) >= 11 is 0. The van der Waals surface area contributed by atoms with Gasteiger partial charge in [-0.05, 0) is 49.8 Å². The zero-order chi connectivity index (χ0) is 16.0. The van der Waals surface area contributed by atoms with Gasteiger partial charge in [-0.25, -0.2) is 0 Å². The van der Waals surface area contributed by atoms with Crippen LogP contribution in [-0.4, -0.2) is 18.1 Å². The Morgan fingerprint density at radius 3 is 2.33 bits per heavy atom. The van der Waals surface area contributed by atoms with Crippen molar-refractivity contribution in [3.8, 4) is 5.75 Å². The maximum Gasteiger partial charge on any atom is 0.260 e. The molecule has 0 aliphatic carbocycles. The summed E-state index contributed by atoms with van der Waals surface area (Å²) in [7, 11) is 0. The van der Waals surface area contributed by atoms with E-state index in [-0.39, 0.29) is 11.9 Å². The summed E-state index contributed by atoms with van der Waals surface area (Å²) in [6.45, 7) is 12.3. The highest BCUT2D eigenvalue weighted by Crippen LogP contribution is 2.28. The van der Waals surface area contributed by atoms with Crippen LogP contribution in [0.5, 0.6) is 5.75 Å². The molecule has 21 heavy (non-hydrogen) atoms. The van der Waals surface area contributed by atoms with E-state index in [1.807, 2.05) is 19.9 Å². The fourth-order valence-corrected chi connectivity index (χ4v) is 2.28. The number of amides is 1. The molecule has 0 radical (unpaired) electrons. The number of carbonyl (C=O) groups is 1. The molecule has 1 atom stereocenters. The van der Waals surface area contributed by atoms with Crippen LogP contribution in [0.4, 0.5) is 0 Å². The third-order valence-corrected chi connectivity index (χ3v) is 3.80.